The standard InChI is InChI=1S/C24H29NO3/c1-5-21-17-25(16-20-14-22(27-4)10-11-23(20)28-21)15-19-8-6-18(7-9-19)12-13-24(2,3)26/h6-11,14,21,26H,5,15-17H2,1-4H3/t21-/m1/s1. The molecule has 2 aromatic carbocycles. The van der Waals surface area contributed by atoms with E-state index in [1.807, 2.05) is 24.3 Å². The third-order valence-corrected chi connectivity index (χ3v) is 4.75. The van der Waals surface area contributed by atoms with E-state index in [9.17, 15) is 5.11 Å². The summed E-state index contributed by atoms with van der Waals surface area (Å²) in [6.07, 6.45) is 1.14. The largest absolute Gasteiger partial charge is 0.497 e. The van der Waals surface area contributed by atoms with Gasteiger partial charge in [-0.15, -0.1) is 0 Å². The molecule has 0 fully saturated rings. The molecule has 1 aliphatic heterocycles. The average Bonchev–Trinajstić information content (AvgIpc) is 2.84. The molecule has 0 aliphatic carbocycles. The first kappa shape index (κ1) is 20.3. The summed E-state index contributed by atoms with van der Waals surface area (Å²) in [4.78, 5) is 2.41. The van der Waals surface area contributed by atoms with Gasteiger partial charge in [-0.3, -0.25) is 4.90 Å². The quantitative estimate of drug-likeness (QED) is 0.816. The molecule has 2 aromatic rings. The van der Waals surface area contributed by atoms with Gasteiger partial charge in [0.15, 0.2) is 0 Å². The molecule has 1 N–H and O–H groups in total. The van der Waals surface area contributed by atoms with Crippen molar-refractivity contribution in [3.63, 3.8) is 0 Å². The Labute approximate surface area is 168 Å². The monoisotopic (exact) mass is 379 g/mol. The molecule has 148 valence electrons. The van der Waals surface area contributed by atoms with E-state index in [4.69, 9.17) is 9.47 Å². The minimum atomic E-state index is -0.978. The van der Waals surface area contributed by atoms with Crippen LogP contribution in [0.2, 0.25) is 0 Å². The summed E-state index contributed by atoms with van der Waals surface area (Å²) < 4.78 is 11.6. The van der Waals surface area contributed by atoms with Gasteiger partial charge in [0.2, 0.25) is 0 Å². The fourth-order valence-electron chi connectivity index (χ4n) is 3.24. The fourth-order valence-corrected chi connectivity index (χ4v) is 3.24. The molecule has 0 aromatic heterocycles. The summed E-state index contributed by atoms with van der Waals surface area (Å²) in [5.41, 5.74) is 2.32. The van der Waals surface area contributed by atoms with Gasteiger partial charge in [-0.1, -0.05) is 30.9 Å². The van der Waals surface area contributed by atoms with Crippen LogP contribution in [-0.4, -0.2) is 35.4 Å². The molecule has 0 saturated carbocycles. The van der Waals surface area contributed by atoms with E-state index in [0.29, 0.717) is 0 Å². The molecule has 0 unspecified atom stereocenters. The molecule has 4 nitrogen and oxygen atoms in total. The summed E-state index contributed by atoms with van der Waals surface area (Å²) in [6.45, 7) is 8.08. The predicted octanol–water partition coefficient (Wildman–Crippen LogP) is 3.99. The minimum absolute atomic E-state index is 0.173. The zero-order chi connectivity index (χ0) is 20.1. The number of benzene rings is 2. The third-order valence-electron chi connectivity index (χ3n) is 4.75. The Morgan fingerprint density at radius 3 is 2.61 bits per heavy atom. The smallest absolute Gasteiger partial charge is 0.124 e. The van der Waals surface area contributed by atoms with E-state index in [-0.39, 0.29) is 6.10 Å². The van der Waals surface area contributed by atoms with Crippen molar-refractivity contribution in [2.45, 2.75) is 52.0 Å². The predicted molar refractivity (Wildman–Crippen MR) is 111 cm³/mol. The molecule has 0 bridgehead atoms. The number of methoxy groups -OCH3 is 1. The molecule has 28 heavy (non-hydrogen) atoms. The maximum atomic E-state index is 9.74. The van der Waals surface area contributed by atoms with Crippen LogP contribution in [-0.2, 0) is 13.1 Å². The van der Waals surface area contributed by atoms with E-state index >= 15 is 0 Å². The van der Waals surface area contributed by atoms with Crippen LogP contribution in [0.1, 0.15) is 43.9 Å². The Kier molecular flexibility index (Phi) is 6.28. The molecule has 3 rings (SSSR count). The van der Waals surface area contributed by atoms with Crippen molar-refractivity contribution in [1.82, 2.24) is 4.90 Å². The summed E-state index contributed by atoms with van der Waals surface area (Å²) in [7, 11) is 1.69. The highest BCUT2D eigenvalue weighted by atomic mass is 16.5. The van der Waals surface area contributed by atoms with Gasteiger partial charge in [-0.05, 0) is 56.2 Å². The van der Waals surface area contributed by atoms with Crippen molar-refractivity contribution >= 4 is 0 Å². The summed E-state index contributed by atoms with van der Waals surface area (Å²) in [5, 5.41) is 9.74. The Balaban J connectivity index is 1.75. The van der Waals surface area contributed by atoms with Crippen LogP contribution in [0.15, 0.2) is 42.5 Å². The van der Waals surface area contributed by atoms with Crippen LogP contribution >= 0.6 is 0 Å². The van der Waals surface area contributed by atoms with Gasteiger partial charge in [0.1, 0.15) is 23.2 Å². The second-order valence-corrected chi connectivity index (χ2v) is 7.80. The van der Waals surface area contributed by atoms with Crippen molar-refractivity contribution in [3.8, 4) is 23.3 Å². The van der Waals surface area contributed by atoms with Gasteiger partial charge in [-0.25, -0.2) is 0 Å². The topological polar surface area (TPSA) is 41.9 Å². The molecule has 0 saturated heterocycles. The Bertz CT molecular complexity index is 856. The van der Waals surface area contributed by atoms with E-state index in [0.717, 1.165) is 48.7 Å². The highest BCUT2D eigenvalue weighted by Crippen LogP contribution is 2.30. The van der Waals surface area contributed by atoms with Gasteiger partial charge in [0.25, 0.3) is 0 Å². The van der Waals surface area contributed by atoms with Gasteiger partial charge in [-0.2, -0.15) is 0 Å². The normalized spacial score (nSPS) is 17.0. The van der Waals surface area contributed by atoms with E-state index in [1.54, 1.807) is 21.0 Å². The number of fused-ring (bicyclic) bond motifs is 1. The summed E-state index contributed by atoms with van der Waals surface area (Å²) in [6, 6.07) is 14.3. The Morgan fingerprint density at radius 1 is 1.21 bits per heavy atom. The second kappa shape index (κ2) is 8.68. The molecule has 1 aliphatic rings. The number of hydrogen-bond acceptors (Lipinski definition) is 4. The second-order valence-electron chi connectivity index (χ2n) is 7.80. The lowest BCUT2D eigenvalue weighted by Crippen LogP contribution is -2.32. The van der Waals surface area contributed by atoms with Crippen LogP contribution < -0.4 is 9.47 Å². The maximum absolute atomic E-state index is 9.74. The van der Waals surface area contributed by atoms with Gasteiger partial charge in [0, 0.05) is 30.8 Å². The number of nitrogens with zero attached hydrogens (tertiary/aromatic N) is 1. The van der Waals surface area contributed by atoms with E-state index in [2.05, 4.69) is 41.9 Å². The zero-order valence-corrected chi connectivity index (χ0v) is 17.2. The van der Waals surface area contributed by atoms with Crippen molar-refractivity contribution in [2.24, 2.45) is 0 Å². The first-order valence-corrected chi connectivity index (χ1v) is 9.76. The van der Waals surface area contributed by atoms with Crippen molar-refractivity contribution < 1.29 is 14.6 Å². The third kappa shape index (κ3) is 5.51. The molecule has 0 radical (unpaired) electrons. The molecular weight excluding hydrogens is 350 g/mol. The first-order chi connectivity index (χ1) is 13.4. The number of hydrogen-bond donors (Lipinski definition) is 1. The number of rotatable bonds is 4. The lowest BCUT2D eigenvalue weighted by Gasteiger charge is -2.23. The SMILES string of the molecule is CC[C@@H]1CN(Cc2ccc(C#CC(C)(C)O)cc2)Cc2cc(OC)ccc2O1. The van der Waals surface area contributed by atoms with Crippen LogP contribution in [0.5, 0.6) is 11.5 Å². The van der Waals surface area contributed by atoms with Crippen LogP contribution in [0.3, 0.4) is 0 Å². The average molecular weight is 380 g/mol. The van der Waals surface area contributed by atoms with Crippen LogP contribution in [0, 0.1) is 11.8 Å². The lowest BCUT2D eigenvalue weighted by molar-refractivity contribution is 0.139. The highest BCUT2D eigenvalue weighted by molar-refractivity contribution is 5.41. The maximum Gasteiger partial charge on any atom is 0.124 e. The molecule has 0 spiro atoms. The van der Waals surface area contributed by atoms with E-state index < -0.39 is 5.60 Å². The van der Waals surface area contributed by atoms with Crippen LogP contribution in [0.25, 0.3) is 0 Å². The summed E-state index contributed by atoms with van der Waals surface area (Å²) >= 11 is 0. The minimum Gasteiger partial charge on any atom is -0.497 e. The van der Waals surface area contributed by atoms with Gasteiger partial charge >= 0.3 is 0 Å². The molecular formula is C24H29NO3. The van der Waals surface area contributed by atoms with Crippen molar-refractivity contribution in [3.05, 3.63) is 59.2 Å². The fraction of sp³-hybridized carbons (Fsp3) is 0.417. The van der Waals surface area contributed by atoms with Crippen molar-refractivity contribution in [2.75, 3.05) is 13.7 Å². The number of aliphatic hydroxyl groups is 1. The van der Waals surface area contributed by atoms with E-state index in [1.165, 1.54) is 5.56 Å². The summed E-state index contributed by atoms with van der Waals surface area (Å²) in [5.74, 6) is 7.67. The van der Waals surface area contributed by atoms with Gasteiger partial charge in [0.05, 0.1) is 7.11 Å². The van der Waals surface area contributed by atoms with Crippen molar-refractivity contribution in [1.29, 1.82) is 0 Å². The lowest BCUT2D eigenvalue weighted by atomic mass is 10.1. The zero-order valence-electron chi connectivity index (χ0n) is 17.2. The Hall–Kier alpha value is -2.48. The first-order valence-electron chi connectivity index (χ1n) is 9.76. The Morgan fingerprint density at radius 2 is 1.96 bits per heavy atom. The molecule has 0 amide bonds. The van der Waals surface area contributed by atoms with Crippen LogP contribution in [0.4, 0.5) is 0 Å². The molecule has 4 heteroatoms. The molecule has 1 heterocycles. The number of ether oxygens (including phenoxy) is 2. The van der Waals surface area contributed by atoms with Gasteiger partial charge < -0.3 is 14.6 Å². The highest BCUT2D eigenvalue weighted by Gasteiger charge is 2.22. The molecule has 1 atom stereocenters.